The van der Waals surface area contributed by atoms with Crippen molar-refractivity contribution >= 4 is 17.9 Å². The highest BCUT2D eigenvalue weighted by molar-refractivity contribution is 6.03. The Bertz CT molecular complexity index is 1920. The van der Waals surface area contributed by atoms with Crippen LogP contribution in [0.5, 0.6) is 11.5 Å². The fraction of sp³-hybridized carbons (Fsp3) is 0.661. The molecular formula is C56H83N3O10. The third kappa shape index (κ3) is 15.0. The number of aliphatic hydroxyl groups is 2. The van der Waals surface area contributed by atoms with E-state index in [0.717, 1.165) is 80.9 Å². The van der Waals surface area contributed by atoms with Gasteiger partial charge in [0.05, 0.1) is 31.5 Å². The topological polar surface area (TPSA) is 158 Å². The van der Waals surface area contributed by atoms with Crippen LogP contribution in [0.4, 0.5) is 9.59 Å². The van der Waals surface area contributed by atoms with Gasteiger partial charge in [-0.25, -0.2) is 9.59 Å². The molecule has 6 rings (SSSR count). The van der Waals surface area contributed by atoms with Crippen molar-refractivity contribution in [2.24, 2.45) is 22.9 Å². The van der Waals surface area contributed by atoms with E-state index in [1.807, 2.05) is 42.5 Å². The van der Waals surface area contributed by atoms with Crippen LogP contribution >= 0.6 is 0 Å². The lowest BCUT2D eigenvalue weighted by Crippen LogP contribution is -2.70. The number of benzene rings is 2. The summed E-state index contributed by atoms with van der Waals surface area (Å²) < 4.78 is 32.7. The third-order valence-electron chi connectivity index (χ3n) is 14.4. The van der Waals surface area contributed by atoms with E-state index in [0.29, 0.717) is 62.8 Å². The summed E-state index contributed by atoms with van der Waals surface area (Å²) in [5.41, 5.74) is 3.44. The SMILES string of the molecule is C=CCO[C@@]12Oc3ccc(OC(=O)NCc4ccccc4)cc3[C@H]3[C@H](CCCCO)[C@@H](CCCCO)C=C(C(=NOC4CCCCO4)C[C@@H]1N(CCC)C(=O)OCCCCCCCCCCCC)[C@H]32. The van der Waals surface area contributed by atoms with Crippen LogP contribution in [-0.4, -0.2) is 90.7 Å². The number of unbranched alkanes of at least 4 members (excludes halogenated alkanes) is 11. The molecule has 0 radical (unpaired) electrons. The van der Waals surface area contributed by atoms with E-state index in [1.165, 1.54) is 44.9 Å². The quantitative estimate of drug-likeness (QED) is 0.0391. The van der Waals surface area contributed by atoms with Gasteiger partial charge < -0.3 is 44.1 Å². The predicted molar refractivity (Wildman–Crippen MR) is 269 cm³/mol. The summed E-state index contributed by atoms with van der Waals surface area (Å²) in [6.07, 6.45) is 22.4. The summed E-state index contributed by atoms with van der Waals surface area (Å²) >= 11 is 0. The molecule has 13 nitrogen and oxygen atoms in total. The summed E-state index contributed by atoms with van der Waals surface area (Å²) in [5, 5.41) is 27.9. The number of amides is 2. The lowest BCUT2D eigenvalue weighted by molar-refractivity contribution is -0.255. The number of carbonyl (C=O) groups is 2. The Hall–Kier alpha value is -4.43. The molecule has 382 valence electrons. The van der Waals surface area contributed by atoms with Gasteiger partial charge in [0.25, 0.3) is 0 Å². The summed E-state index contributed by atoms with van der Waals surface area (Å²) in [6, 6.07) is 14.5. The zero-order valence-corrected chi connectivity index (χ0v) is 41.8. The molecule has 0 aromatic heterocycles. The van der Waals surface area contributed by atoms with Gasteiger partial charge in [0, 0.05) is 50.6 Å². The van der Waals surface area contributed by atoms with Crippen molar-refractivity contribution in [3.05, 3.63) is 84.0 Å². The first-order valence-electron chi connectivity index (χ1n) is 26.7. The third-order valence-corrected chi connectivity index (χ3v) is 14.4. The number of aliphatic hydroxyl groups excluding tert-OH is 2. The molecule has 1 saturated carbocycles. The van der Waals surface area contributed by atoms with Crippen LogP contribution in [0.3, 0.4) is 0 Å². The average Bonchev–Trinajstić information content (AvgIpc) is 3.37. The lowest BCUT2D eigenvalue weighted by atomic mass is 9.55. The summed E-state index contributed by atoms with van der Waals surface area (Å²) in [7, 11) is 0. The van der Waals surface area contributed by atoms with Gasteiger partial charge in [0.2, 0.25) is 12.1 Å². The molecule has 2 aromatic carbocycles. The van der Waals surface area contributed by atoms with Crippen LogP contribution in [0.15, 0.2) is 78.0 Å². The van der Waals surface area contributed by atoms with E-state index in [-0.39, 0.29) is 44.0 Å². The Morgan fingerprint density at radius 1 is 0.899 bits per heavy atom. The zero-order chi connectivity index (χ0) is 48.7. The van der Waals surface area contributed by atoms with Crippen LogP contribution in [0, 0.1) is 17.8 Å². The molecule has 2 aliphatic heterocycles. The fourth-order valence-corrected chi connectivity index (χ4v) is 11.0. The molecule has 3 N–H and O–H groups in total. The van der Waals surface area contributed by atoms with Crippen molar-refractivity contribution in [3.8, 4) is 11.5 Å². The van der Waals surface area contributed by atoms with Crippen molar-refractivity contribution in [1.82, 2.24) is 10.2 Å². The van der Waals surface area contributed by atoms with Crippen molar-refractivity contribution in [3.63, 3.8) is 0 Å². The minimum absolute atomic E-state index is 0.00557. The zero-order valence-electron chi connectivity index (χ0n) is 41.8. The second-order valence-electron chi connectivity index (χ2n) is 19.4. The first-order valence-corrected chi connectivity index (χ1v) is 26.7. The number of allylic oxidation sites excluding steroid dienone is 1. The number of carbonyl (C=O) groups excluding carboxylic acids is 2. The molecule has 7 atom stereocenters. The van der Waals surface area contributed by atoms with Gasteiger partial charge in [-0.05, 0) is 92.5 Å². The Balaban J connectivity index is 1.39. The van der Waals surface area contributed by atoms with Crippen LogP contribution in [0.25, 0.3) is 0 Å². The van der Waals surface area contributed by atoms with E-state index in [2.05, 4.69) is 31.8 Å². The highest BCUT2D eigenvalue weighted by Gasteiger charge is 2.65. The number of nitrogens with zero attached hydrogens (tertiary/aromatic N) is 2. The van der Waals surface area contributed by atoms with Crippen molar-refractivity contribution in [2.45, 2.75) is 179 Å². The number of oxime groups is 1. The van der Waals surface area contributed by atoms with Crippen molar-refractivity contribution < 1.29 is 48.3 Å². The van der Waals surface area contributed by atoms with Crippen molar-refractivity contribution in [2.75, 3.05) is 39.6 Å². The van der Waals surface area contributed by atoms with Gasteiger partial charge >= 0.3 is 12.2 Å². The number of nitrogens with one attached hydrogen (secondary N) is 1. The molecular weight excluding hydrogens is 875 g/mol. The maximum atomic E-state index is 14.7. The lowest BCUT2D eigenvalue weighted by Gasteiger charge is -2.59. The van der Waals surface area contributed by atoms with Crippen LogP contribution in [0.2, 0.25) is 0 Å². The molecule has 1 unspecified atom stereocenters. The van der Waals surface area contributed by atoms with Gasteiger partial charge in [-0.1, -0.05) is 132 Å². The molecule has 13 heteroatoms. The maximum Gasteiger partial charge on any atom is 0.412 e. The number of rotatable bonds is 30. The molecule has 2 aromatic rings. The summed E-state index contributed by atoms with van der Waals surface area (Å²) in [5.74, 6) is -1.23. The number of hydrogen-bond donors (Lipinski definition) is 3. The second-order valence-corrected chi connectivity index (χ2v) is 19.4. The Kier molecular flexibility index (Phi) is 22.7. The number of ether oxygens (including phenoxy) is 5. The van der Waals surface area contributed by atoms with E-state index in [9.17, 15) is 19.8 Å². The molecule has 69 heavy (non-hydrogen) atoms. The predicted octanol–water partition coefficient (Wildman–Crippen LogP) is 11.9. The Labute approximate surface area is 412 Å². The van der Waals surface area contributed by atoms with Crippen LogP contribution < -0.4 is 14.8 Å². The smallest absolute Gasteiger partial charge is 0.412 e. The van der Waals surface area contributed by atoms with E-state index in [4.69, 9.17) is 33.7 Å². The highest BCUT2D eigenvalue weighted by Crippen LogP contribution is 2.62. The van der Waals surface area contributed by atoms with Gasteiger partial charge in [0.1, 0.15) is 17.5 Å². The molecule has 0 bridgehead atoms. The Morgan fingerprint density at radius 3 is 2.33 bits per heavy atom. The molecule has 2 amide bonds. The van der Waals surface area contributed by atoms with Gasteiger partial charge in [-0.3, -0.25) is 4.90 Å². The fourth-order valence-electron chi connectivity index (χ4n) is 11.0. The Morgan fingerprint density at radius 2 is 1.64 bits per heavy atom. The monoisotopic (exact) mass is 958 g/mol. The first-order chi connectivity index (χ1) is 33.9. The maximum absolute atomic E-state index is 14.7. The average molecular weight is 958 g/mol. The highest BCUT2D eigenvalue weighted by atomic mass is 16.8. The second kappa shape index (κ2) is 29.0. The number of fused-ring (bicyclic) bond motifs is 2. The van der Waals surface area contributed by atoms with Gasteiger partial charge in [-0.2, -0.15) is 0 Å². The molecule has 2 heterocycles. The largest absolute Gasteiger partial charge is 0.459 e. The first kappa shape index (κ1) is 53.9. The summed E-state index contributed by atoms with van der Waals surface area (Å²) in [4.78, 5) is 36.1. The van der Waals surface area contributed by atoms with Gasteiger partial charge in [0.15, 0.2) is 0 Å². The van der Waals surface area contributed by atoms with E-state index in [1.54, 1.807) is 17.0 Å². The molecule has 0 spiro atoms. The molecule has 4 aliphatic rings. The standard InChI is InChI=1S/C56H83N3O10/c1-4-7-8-9-10-11-12-13-14-23-37-65-55(63)59(32-5-2)50-40-48(58-69-51-29-20-24-36-64-51)46-38-43(27-18-21-33-60)45(28-19-22-34-61)52-47-39-44(67-54(62)57-41-42-25-16-15-17-26-42)30-31-49(47)68-56(50,53(46)52)66-35-6-3/h6,15-17,25-26,30-31,38-39,43,45,50-53,60-61H,3-5,7-14,18-24,27-29,32-37,40-41H2,1-2H3,(H,57,62)/t43-,45+,50-,51?,52+,53+,56+/m0/s1. The number of hydrogen-bond acceptors (Lipinski definition) is 11. The van der Waals surface area contributed by atoms with E-state index < -0.39 is 36.2 Å². The minimum atomic E-state index is -1.43. The van der Waals surface area contributed by atoms with Crippen molar-refractivity contribution in [1.29, 1.82) is 0 Å². The molecule has 1 saturated heterocycles. The molecule has 2 fully saturated rings. The van der Waals surface area contributed by atoms with Gasteiger partial charge in [-0.15, -0.1) is 6.58 Å². The summed E-state index contributed by atoms with van der Waals surface area (Å²) in [6.45, 7) is 10.3. The van der Waals surface area contributed by atoms with E-state index >= 15 is 0 Å². The minimum Gasteiger partial charge on any atom is -0.459 e. The normalized spacial score (nSPS) is 24.3. The van der Waals surface area contributed by atoms with Crippen LogP contribution in [0.1, 0.15) is 166 Å². The molecule has 2 aliphatic carbocycles. The van der Waals surface area contributed by atoms with Crippen LogP contribution in [-0.2, 0) is 25.6 Å².